The van der Waals surface area contributed by atoms with E-state index < -0.39 is 0 Å². The number of aryl methyl sites for hydroxylation is 1. The van der Waals surface area contributed by atoms with E-state index in [4.69, 9.17) is 5.10 Å². The van der Waals surface area contributed by atoms with Crippen molar-refractivity contribution in [3.05, 3.63) is 46.5 Å². The van der Waals surface area contributed by atoms with Crippen LogP contribution in [-0.4, -0.2) is 27.1 Å². The number of fused-ring (bicyclic) bond motifs is 1. The Balaban J connectivity index is 1.49. The lowest BCUT2D eigenvalue weighted by molar-refractivity contribution is 0.0919. The van der Waals surface area contributed by atoms with Gasteiger partial charge in [0.2, 0.25) is 0 Å². The third-order valence-corrected chi connectivity index (χ3v) is 6.73. The molecule has 2 amide bonds. The maximum atomic E-state index is 12.9. The van der Waals surface area contributed by atoms with E-state index in [9.17, 15) is 9.59 Å². The molecule has 0 radical (unpaired) electrons. The van der Waals surface area contributed by atoms with Crippen LogP contribution in [-0.2, 0) is 0 Å². The predicted molar refractivity (Wildman–Crippen MR) is 126 cm³/mol. The molecule has 0 bridgehead atoms. The highest BCUT2D eigenvalue weighted by molar-refractivity contribution is 7.20. The first kappa shape index (κ1) is 21.6. The molecule has 2 heterocycles. The van der Waals surface area contributed by atoms with Gasteiger partial charge in [-0.05, 0) is 70.9 Å². The quantitative estimate of drug-likeness (QED) is 0.549. The number of thiophene rings is 1. The topological polar surface area (TPSA) is 76.0 Å². The average molecular weight is 439 g/mol. The number of benzene rings is 1. The van der Waals surface area contributed by atoms with Crippen molar-refractivity contribution in [3.8, 4) is 0 Å². The highest BCUT2D eigenvalue weighted by Crippen LogP contribution is 2.35. The minimum atomic E-state index is -0.295. The van der Waals surface area contributed by atoms with Gasteiger partial charge in [0.15, 0.2) is 0 Å². The van der Waals surface area contributed by atoms with Crippen LogP contribution in [0.5, 0.6) is 0 Å². The van der Waals surface area contributed by atoms with E-state index in [1.807, 2.05) is 33.8 Å². The zero-order valence-electron chi connectivity index (χ0n) is 18.6. The lowest BCUT2D eigenvalue weighted by atomic mass is 9.96. The second kappa shape index (κ2) is 8.46. The molecular weight excluding hydrogens is 408 g/mol. The largest absolute Gasteiger partial charge is 0.347 e. The van der Waals surface area contributed by atoms with Crippen LogP contribution in [0.4, 0.5) is 5.69 Å². The van der Waals surface area contributed by atoms with Crippen LogP contribution in [0, 0.1) is 6.92 Å². The van der Waals surface area contributed by atoms with E-state index in [0.29, 0.717) is 22.2 Å². The molecule has 1 saturated carbocycles. The van der Waals surface area contributed by atoms with Crippen LogP contribution >= 0.6 is 11.3 Å². The molecule has 0 spiro atoms. The molecule has 0 aliphatic heterocycles. The number of hydrogen-bond donors (Lipinski definition) is 2. The van der Waals surface area contributed by atoms with Crippen LogP contribution in [0.3, 0.4) is 0 Å². The highest BCUT2D eigenvalue weighted by atomic mass is 32.1. The number of rotatable bonds is 4. The maximum absolute atomic E-state index is 12.9. The summed E-state index contributed by atoms with van der Waals surface area (Å²) in [6.45, 7) is 7.84. The van der Waals surface area contributed by atoms with Gasteiger partial charge in [-0.1, -0.05) is 19.3 Å². The number of carbonyl (C=O) groups is 2. The molecule has 7 heteroatoms. The summed E-state index contributed by atoms with van der Waals surface area (Å²) < 4.78 is 2.15. The lowest BCUT2D eigenvalue weighted by Crippen LogP contribution is -2.40. The fourth-order valence-corrected chi connectivity index (χ4v) is 5.20. The van der Waals surface area contributed by atoms with Crippen molar-refractivity contribution in [2.75, 3.05) is 5.32 Å². The average Bonchev–Trinajstić information content (AvgIpc) is 3.29. The van der Waals surface area contributed by atoms with Crippen molar-refractivity contribution in [2.24, 2.45) is 0 Å². The fourth-order valence-electron chi connectivity index (χ4n) is 4.07. The van der Waals surface area contributed by atoms with Crippen LogP contribution in [0.15, 0.2) is 30.3 Å². The lowest BCUT2D eigenvalue weighted by Gasteiger charge is -2.22. The van der Waals surface area contributed by atoms with Gasteiger partial charge in [-0.15, -0.1) is 11.3 Å². The zero-order valence-corrected chi connectivity index (χ0v) is 19.4. The van der Waals surface area contributed by atoms with Gasteiger partial charge < -0.3 is 10.6 Å². The summed E-state index contributed by atoms with van der Waals surface area (Å²) in [5.74, 6) is -0.264. The first-order chi connectivity index (χ1) is 14.7. The number of nitrogens with one attached hydrogen (secondary N) is 2. The molecule has 1 aliphatic rings. The fraction of sp³-hybridized carbons (Fsp3) is 0.458. The molecule has 2 aromatic heterocycles. The molecule has 0 saturated heterocycles. The van der Waals surface area contributed by atoms with Gasteiger partial charge in [-0.2, -0.15) is 5.10 Å². The summed E-state index contributed by atoms with van der Waals surface area (Å²) in [5, 5.41) is 11.7. The van der Waals surface area contributed by atoms with Crippen LogP contribution < -0.4 is 10.6 Å². The molecule has 164 valence electrons. The standard InChI is InChI=1S/C24H30N4O2S/c1-15-19-14-20(31-23(19)28(27-15)18-8-6-5-7-9-18)22(30)25-17-12-10-16(11-13-17)21(29)26-24(2,3)4/h10-14,18H,5-9H2,1-4H3,(H,25,30)(H,26,29). The molecule has 31 heavy (non-hydrogen) atoms. The maximum Gasteiger partial charge on any atom is 0.265 e. The Labute approximate surface area is 187 Å². The molecule has 2 N–H and O–H groups in total. The predicted octanol–water partition coefficient (Wildman–Crippen LogP) is 5.69. The zero-order chi connectivity index (χ0) is 22.2. The van der Waals surface area contributed by atoms with E-state index in [0.717, 1.165) is 28.8 Å². The summed E-state index contributed by atoms with van der Waals surface area (Å²) in [5.41, 5.74) is 1.92. The molecule has 3 aromatic rings. The van der Waals surface area contributed by atoms with Gasteiger partial charge >= 0.3 is 0 Å². The Hall–Kier alpha value is -2.67. The van der Waals surface area contributed by atoms with E-state index in [-0.39, 0.29) is 17.4 Å². The van der Waals surface area contributed by atoms with Gasteiger partial charge in [0.1, 0.15) is 4.83 Å². The van der Waals surface area contributed by atoms with Crippen molar-refractivity contribution in [1.82, 2.24) is 15.1 Å². The van der Waals surface area contributed by atoms with E-state index in [2.05, 4.69) is 15.3 Å². The summed E-state index contributed by atoms with van der Waals surface area (Å²) in [7, 11) is 0. The van der Waals surface area contributed by atoms with Crippen molar-refractivity contribution < 1.29 is 9.59 Å². The van der Waals surface area contributed by atoms with Crippen molar-refractivity contribution in [1.29, 1.82) is 0 Å². The number of nitrogens with zero attached hydrogens (tertiary/aromatic N) is 2. The molecule has 0 atom stereocenters. The van der Waals surface area contributed by atoms with E-state index in [1.165, 1.54) is 30.6 Å². The number of anilines is 1. The van der Waals surface area contributed by atoms with Crippen LogP contribution in [0.25, 0.3) is 10.2 Å². The number of aromatic nitrogens is 2. The Kier molecular flexibility index (Phi) is 5.88. The Bertz CT molecular complexity index is 1100. The number of carbonyl (C=O) groups excluding carboxylic acids is 2. The smallest absolute Gasteiger partial charge is 0.265 e. The van der Waals surface area contributed by atoms with E-state index in [1.54, 1.807) is 24.3 Å². The van der Waals surface area contributed by atoms with Crippen molar-refractivity contribution in [2.45, 2.75) is 71.4 Å². The van der Waals surface area contributed by atoms with E-state index >= 15 is 0 Å². The Morgan fingerprint density at radius 3 is 2.39 bits per heavy atom. The normalized spacial score (nSPS) is 15.2. The van der Waals surface area contributed by atoms with Crippen LogP contribution in [0.1, 0.15) is 84.6 Å². The van der Waals surface area contributed by atoms with Crippen molar-refractivity contribution >= 4 is 39.1 Å². The minimum absolute atomic E-state index is 0.127. The molecular formula is C24H30N4O2S. The Morgan fingerprint density at radius 2 is 1.74 bits per heavy atom. The molecule has 6 nitrogen and oxygen atoms in total. The van der Waals surface area contributed by atoms with Crippen molar-refractivity contribution in [3.63, 3.8) is 0 Å². The van der Waals surface area contributed by atoms with Gasteiger partial charge in [0.05, 0.1) is 16.6 Å². The monoisotopic (exact) mass is 438 g/mol. The minimum Gasteiger partial charge on any atom is -0.347 e. The third-order valence-electron chi connectivity index (χ3n) is 5.61. The number of hydrogen-bond acceptors (Lipinski definition) is 4. The van der Waals surface area contributed by atoms with Gasteiger partial charge in [0.25, 0.3) is 11.8 Å². The summed E-state index contributed by atoms with van der Waals surface area (Å²) in [4.78, 5) is 26.9. The van der Waals surface area contributed by atoms with Gasteiger partial charge in [0, 0.05) is 22.2 Å². The first-order valence-corrected chi connectivity index (χ1v) is 11.8. The van der Waals surface area contributed by atoms with Crippen LogP contribution in [0.2, 0.25) is 0 Å². The molecule has 1 fully saturated rings. The summed E-state index contributed by atoms with van der Waals surface area (Å²) in [6, 6.07) is 9.36. The molecule has 0 unspecified atom stereocenters. The van der Waals surface area contributed by atoms with Gasteiger partial charge in [-0.3, -0.25) is 14.3 Å². The summed E-state index contributed by atoms with van der Waals surface area (Å²) in [6.07, 6.45) is 6.10. The molecule has 1 aliphatic carbocycles. The molecule has 1 aromatic carbocycles. The summed E-state index contributed by atoms with van der Waals surface area (Å²) >= 11 is 1.50. The Morgan fingerprint density at radius 1 is 1.06 bits per heavy atom. The second-order valence-electron chi connectivity index (χ2n) is 9.39. The number of amides is 2. The molecule has 4 rings (SSSR count). The first-order valence-electron chi connectivity index (χ1n) is 10.9. The van der Waals surface area contributed by atoms with Gasteiger partial charge in [-0.25, -0.2) is 0 Å². The third kappa shape index (κ3) is 4.82. The SMILES string of the molecule is Cc1nn(C2CCCCC2)c2sc(C(=O)Nc3ccc(C(=O)NC(C)(C)C)cc3)cc12. The highest BCUT2D eigenvalue weighted by Gasteiger charge is 2.23. The second-order valence-corrected chi connectivity index (χ2v) is 10.4.